The van der Waals surface area contributed by atoms with Gasteiger partial charge in [-0.25, -0.2) is 4.98 Å². The van der Waals surface area contributed by atoms with E-state index in [1.54, 1.807) is 0 Å². The molecule has 2 N–H and O–H groups in total. The predicted molar refractivity (Wildman–Crippen MR) is 150 cm³/mol. The average molecular weight is 463 g/mol. The fourth-order valence-electron chi connectivity index (χ4n) is 4.62. The van der Waals surface area contributed by atoms with Gasteiger partial charge >= 0.3 is 0 Å². The van der Waals surface area contributed by atoms with Gasteiger partial charge in [0.2, 0.25) is 0 Å². The normalized spacial score (nSPS) is 13.4. The second kappa shape index (κ2) is 9.18. The summed E-state index contributed by atoms with van der Waals surface area (Å²) in [5.41, 5.74) is 6.89. The van der Waals surface area contributed by atoms with E-state index in [-0.39, 0.29) is 0 Å². The molecule has 0 aliphatic heterocycles. The highest BCUT2D eigenvalue weighted by molar-refractivity contribution is 6.23. The van der Waals surface area contributed by atoms with Crippen molar-refractivity contribution in [1.29, 1.82) is 0 Å². The lowest BCUT2D eigenvalue weighted by Gasteiger charge is -2.21. The van der Waals surface area contributed by atoms with Crippen molar-refractivity contribution in [3.63, 3.8) is 0 Å². The Morgan fingerprint density at radius 1 is 0.857 bits per heavy atom. The van der Waals surface area contributed by atoms with E-state index in [0.717, 1.165) is 22.2 Å². The highest BCUT2D eigenvalue weighted by Gasteiger charge is 2.15. The molecule has 0 bridgehead atoms. The number of nitrogens with one attached hydrogen (secondary N) is 2. The topological polar surface area (TPSA) is 53.6 Å². The number of H-pyrrole nitrogens is 1. The Morgan fingerprint density at radius 2 is 1.60 bits per heavy atom. The van der Waals surface area contributed by atoms with E-state index < -0.39 is 0 Å². The number of fused-ring (bicyclic) bond motifs is 6. The van der Waals surface area contributed by atoms with E-state index in [2.05, 4.69) is 111 Å². The van der Waals surface area contributed by atoms with E-state index in [1.165, 1.54) is 38.5 Å². The van der Waals surface area contributed by atoms with Gasteiger partial charge in [0.25, 0.3) is 0 Å². The Morgan fingerprint density at radius 3 is 2.29 bits per heavy atom. The molecule has 0 saturated carbocycles. The zero-order valence-corrected chi connectivity index (χ0v) is 21.5. The average Bonchev–Trinajstić information content (AvgIpc) is 3.33. The largest absolute Gasteiger partial charge is 0.382 e. The van der Waals surface area contributed by atoms with Crippen LogP contribution in [-0.4, -0.2) is 21.0 Å². The first-order chi connectivity index (χ1) is 16.9. The molecule has 0 aliphatic rings. The number of hydrogen-bond acceptors (Lipinski definition) is 3. The van der Waals surface area contributed by atoms with Crippen LogP contribution in [0.2, 0.25) is 0 Å². The van der Waals surface area contributed by atoms with E-state index in [9.17, 15) is 0 Å². The molecule has 178 valence electrons. The fourth-order valence-corrected chi connectivity index (χ4v) is 4.62. The van der Waals surface area contributed by atoms with Crippen LogP contribution in [-0.2, 0) is 0 Å². The SMILES string of the molecule is C/C=C(\NC(C)C(C)C)c1ccc(-c2ccc3c(c2)c2ccncc2c2nc(C(C)C)[nH]c32)cc1. The minimum atomic E-state index is 0.335. The van der Waals surface area contributed by atoms with Crippen LogP contribution in [0.15, 0.2) is 67.0 Å². The van der Waals surface area contributed by atoms with Crippen molar-refractivity contribution in [3.05, 3.63) is 78.4 Å². The Bertz CT molecular complexity index is 1540. The van der Waals surface area contributed by atoms with Gasteiger partial charge in [0, 0.05) is 40.8 Å². The maximum absolute atomic E-state index is 4.93. The molecule has 5 rings (SSSR count). The number of pyridine rings is 1. The first-order valence-electron chi connectivity index (χ1n) is 12.6. The number of aromatic amines is 1. The minimum absolute atomic E-state index is 0.335. The summed E-state index contributed by atoms with van der Waals surface area (Å²) in [4.78, 5) is 12.9. The molecule has 4 nitrogen and oxygen atoms in total. The van der Waals surface area contributed by atoms with E-state index >= 15 is 0 Å². The van der Waals surface area contributed by atoms with Crippen LogP contribution in [0.25, 0.3) is 49.4 Å². The van der Waals surface area contributed by atoms with Gasteiger partial charge in [0.15, 0.2) is 0 Å². The summed E-state index contributed by atoms with van der Waals surface area (Å²) in [6.45, 7) is 13.1. The van der Waals surface area contributed by atoms with Crippen LogP contribution < -0.4 is 5.32 Å². The molecular formula is C31H34N4. The van der Waals surface area contributed by atoms with Gasteiger partial charge < -0.3 is 10.3 Å². The second-order valence-corrected chi connectivity index (χ2v) is 10.1. The maximum atomic E-state index is 4.93. The molecule has 1 atom stereocenters. The predicted octanol–water partition coefficient (Wildman–Crippen LogP) is 8.05. The Labute approximate surface area is 207 Å². The summed E-state index contributed by atoms with van der Waals surface area (Å²) in [5, 5.41) is 8.35. The number of hydrogen-bond donors (Lipinski definition) is 2. The molecule has 0 spiro atoms. The molecule has 0 saturated heterocycles. The smallest absolute Gasteiger partial charge is 0.109 e. The van der Waals surface area contributed by atoms with Crippen molar-refractivity contribution in [3.8, 4) is 11.1 Å². The molecule has 0 amide bonds. The van der Waals surface area contributed by atoms with Gasteiger partial charge in [-0.3, -0.25) is 4.98 Å². The molecule has 0 radical (unpaired) electrons. The van der Waals surface area contributed by atoms with Crippen molar-refractivity contribution in [2.45, 2.75) is 53.5 Å². The highest BCUT2D eigenvalue weighted by Crippen LogP contribution is 2.36. The van der Waals surface area contributed by atoms with Crippen LogP contribution in [0.1, 0.15) is 58.8 Å². The lowest BCUT2D eigenvalue weighted by atomic mass is 9.96. The zero-order valence-electron chi connectivity index (χ0n) is 21.5. The molecule has 4 heteroatoms. The lowest BCUT2D eigenvalue weighted by Crippen LogP contribution is -2.29. The van der Waals surface area contributed by atoms with Crippen molar-refractivity contribution < 1.29 is 0 Å². The third kappa shape index (κ3) is 4.18. The van der Waals surface area contributed by atoms with E-state index in [1.807, 2.05) is 12.4 Å². The van der Waals surface area contributed by atoms with Gasteiger partial charge in [-0.15, -0.1) is 0 Å². The van der Waals surface area contributed by atoms with E-state index in [0.29, 0.717) is 17.9 Å². The number of benzene rings is 3. The summed E-state index contributed by atoms with van der Waals surface area (Å²) in [6, 6.07) is 18.1. The van der Waals surface area contributed by atoms with Gasteiger partial charge in [-0.2, -0.15) is 0 Å². The molecule has 2 aromatic heterocycles. The van der Waals surface area contributed by atoms with Crippen molar-refractivity contribution in [2.75, 3.05) is 0 Å². The minimum Gasteiger partial charge on any atom is -0.382 e. The quantitative estimate of drug-likeness (QED) is 0.251. The van der Waals surface area contributed by atoms with Crippen LogP contribution in [0, 0.1) is 5.92 Å². The van der Waals surface area contributed by atoms with Gasteiger partial charge in [-0.05, 0) is 59.4 Å². The molecule has 0 fully saturated rings. The molecule has 5 aromatic rings. The Kier molecular flexibility index (Phi) is 6.06. The molecule has 35 heavy (non-hydrogen) atoms. The van der Waals surface area contributed by atoms with Gasteiger partial charge in [-0.1, -0.05) is 70.2 Å². The van der Waals surface area contributed by atoms with E-state index in [4.69, 9.17) is 4.98 Å². The third-order valence-corrected chi connectivity index (χ3v) is 7.13. The first-order valence-corrected chi connectivity index (χ1v) is 12.6. The van der Waals surface area contributed by atoms with Crippen molar-refractivity contribution in [1.82, 2.24) is 20.3 Å². The second-order valence-electron chi connectivity index (χ2n) is 10.1. The van der Waals surface area contributed by atoms with Crippen molar-refractivity contribution in [2.24, 2.45) is 5.92 Å². The number of aromatic nitrogens is 3. The molecule has 3 aromatic carbocycles. The summed E-state index contributed by atoms with van der Waals surface area (Å²) < 4.78 is 0. The van der Waals surface area contributed by atoms with Crippen LogP contribution in [0.4, 0.5) is 0 Å². The fraction of sp³-hybridized carbons (Fsp3) is 0.290. The molecule has 0 aliphatic carbocycles. The monoisotopic (exact) mass is 462 g/mol. The van der Waals surface area contributed by atoms with Crippen LogP contribution in [0.3, 0.4) is 0 Å². The Hall–Kier alpha value is -3.66. The highest BCUT2D eigenvalue weighted by atomic mass is 14.9. The molecule has 1 unspecified atom stereocenters. The summed E-state index contributed by atoms with van der Waals surface area (Å²) in [5.74, 6) is 1.92. The number of allylic oxidation sites excluding steroid dienone is 1. The molecular weight excluding hydrogens is 428 g/mol. The first kappa shape index (κ1) is 23.1. The number of imidazole rings is 1. The van der Waals surface area contributed by atoms with Gasteiger partial charge in [0.1, 0.15) is 5.82 Å². The summed E-state index contributed by atoms with van der Waals surface area (Å²) in [7, 11) is 0. The Balaban J connectivity index is 1.59. The zero-order chi connectivity index (χ0) is 24.7. The standard InChI is InChI=1S/C31H34N4/c1-7-28(33-20(6)18(2)3)22-10-8-21(9-11-22)23-12-13-25-26(16-23)24-14-15-32-17-27(24)30-29(25)34-31(35-30)19(4)5/h7-20,33H,1-6H3,(H,34,35)/b28-7-. The molecule has 2 heterocycles. The third-order valence-electron chi connectivity index (χ3n) is 7.13. The summed E-state index contributed by atoms with van der Waals surface area (Å²) >= 11 is 0. The summed E-state index contributed by atoms with van der Waals surface area (Å²) in [6.07, 6.45) is 5.97. The maximum Gasteiger partial charge on any atom is 0.109 e. The van der Waals surface area contributed by atoms with Crippen LogP contribution in [0.5, 0.6) is 0 Å². The van der Waals surface area contributed by atoms with Crippen molar-refractivity contribution >= 4 is 38.3 Å². The van der Waals surface area contributed by atoms with Gasteiger partial charge in [0.05, 0.1) is 11.0 Å². The van der Waals surface area contributed by atoms with Crippen LogP contribution >= 0.6 is 0 Å². The lowest BCUT2D eigenvalue weighted by molar-refractivity contribution is 0.480. The number of nitrogens with zero attached hydrogens (tertiary/aromatic N) is 2. The number of rotatable bonds is 6.